The SMILES string of the molecule is COC1CN(C2CCC([C@@H](C)n3c(C)c(C(=O)NCC4C(=O)N=C(C)C=C4SC)c4cc(F)cnc43)CC2)C1. The number of hydrogen-bond acceptors (Lipinski definition) is 6. The number of thioether (sulfide) groups is 1. The summed E-state index contributed by atoms with van der Waals surface area (Å²) in [6, 6.07) is 2.11. The molecule has 2 atom stereocenters. The number of allylic oxidation sites excluding steroid dienone is 1. The minimum absolute atomic E-state index is 0.110. The van der Waals surface area contributed by atoms with Gasteiger partial charge < -0.3 is 14.6 Å². The molecule has 1 unspecified atom stereocenters. The van der Waals surface area contributed by atoms with Gasteiger partial charge in [-0.25, -0.2) is 14.4 Å². The Morgan fingerprint density at radius 2 is 1.97 bits per heavy atom. The molecule has 2 aromatic heterocycles. The van der Waals surface area contributed by atoms with E-state index in [1.54, 1.807) is 14.0 Å². The number of carbonyl (C=O) groups is 2. The minimum Gasteiger partial charge on any atom is -0.379 e. The summed E-state index contributed by atoms with van der Waals surface area (Å²) in [5, 5.41) is 3.44. The third kappa shape index (κ3) is 5.43. The van der Waals surface area contributed by atoms with Crippen LogP contribution in [-0.4, -0.2) is 77.1 Å². The van der Waals surface area contributed by atoms with Gasteiger partial charge in [0.1, 0.15) is 11.5 Å². The predicted octanol–water partition coefficient (Wildman–Crippen LogP) is 4.53. The minimum atomic E-state index is -0.518. The maximum Gasteiger partial charge on any atom is 0.255 e. The van der Waals surface area contributed by atoms with Crippen molar-refractivity contribution in [3.8, 4) is 0 Å². The Kier molecular flexibility index (Phi) is 8.26. The summed E-state index contributed by atoms with van der Waals surface area (Å²) in [4.78, 5) is 38.0. The van der Waals surface area contributed by atoms with Crippen molar-refractivity contribution in [3.63, 3.8) is 0 Å². The Labute approximate surface area is 233 Å². The zero-order chi connectivity index (χ0) is 27.8. The quantitative estimate of drug-likeness (QED) is 0.515. The Hall–Kier alpha value is -2.56. The van der Waals surface area contributed by atoms with E-state index in [4.69, 9.17) is 4.74 Å². The number of ether oxygens (including phenoxy) is 1. The molecule has 2 fully saturated rings. The first kappa shape index (κ1) is 28.0. The fourth-order valence-corrected chi connectivity index (χ4v) is 7.29. The van der Waals surface area contributed by atoms with Crippen LogP contribution in [-0.2, 0) is 9.53 Å². The van der Waals surface area contributed by atoms with Gasteiger partial charge in [0.2, 0.25) is 0 Å². The maximum atomic E-state index is 14.4. The van der Waals surface area contributed by atoms with Crippen molar-refractivity contribution in [2.75, 3.05) is 33.0 Å². The van der Waals surface area contributed by atoms with Crippen LogP contribution in [0.15, 0.2) is 28.2 Å². The highest BCUT2D eigenvalue weighted by atomic mass is 32.2. The van der Waals surface area contributed by atoms with E-state index in [0.29, 0.717) is 40.4 Å². The van der Waals surface area contributed by atoms with E-state index in [9.17, 15) is 14.0 Å². The number of fused-ring (bicyclic) bond motifs is 1. The molecule has 0 bridgehead atoms. The molecule has 210 valence electrons. The van der Waals surface area contributed by atoms with Crippen molar-refractivity contribution in [1.29, 1.82) is 0 Å². The highest BCUT2D eigenvalue weighted by molar-refractivity contribution is 8.02. The van der Waals surface area contributed by atoms with E-state index in [1.807, 2.05) is 19.3 Å². The number of hydrogen-bond donors (Lipinski definition) is 1. The lowest BCUT2D eigenvalue weighted by Crippen LogP contribution is -2.56. The molecule has 5 rings (SSSR count). The number of aliphatic imine (C=N–C) groups is 1. The van der Waals surface area contributed by atoms with Crippen LogP contribution in [0.25, 0.3) is 11.0 Å². The molecular formula is C29H38FN5O3S. The van der Waals surface area contributed by atoms with Crippen LogP contribution in [0, 0.1) is 24.6 Å². The number of halogens is 1. The summed E-state index contributed by atoms with van der Waals surface area (Å²) in [6.07, 6.45) is 9.84. The molecule has 1 saturated carbocycles. The summed E-state index contributed by atoms with van der Waals surface area (Å²) in [6.45, 7) is 8.06. The van der Waals surface area contributed by atoms with Gasteiger partial charge in [0.25, 0.3) is 11.8 Å². The van der Waals surface area contributed by atoms with E-state index >= 15 is 0 Å². The van der Waals surface area contributed by atoms with Gasteiger partial charge in [-0.1, -0.05) is 0 Å². The number of amides is 2. The van der Waals surface area contributed by atoms with Crippen LogP contribution >= 0.6 is 11.8 Å². The molecule has 3 aliphatic rings. The Bertz CT molecular complexity index is 1320. The largest absolute Gasteiger partial charge is 0.379 e. The van der Waals surface area contributed by atoms with E-state index in [0.717, 1.165) is 49.4 Å². The van der Waals surface area contributed by atoms with Crippen molar-refractivity contribution in [1.82, 2.24) is 19.8 Å². The molecule has 0 spiro atoms. The number of nitrogens with zero attached hydrogens (tertiary/aromatic N) is 4. The highest BCUT2D eigenvalue weighted by Crippen LogP contribution is 2.39. The zero-order valence-corrected chi connectivity index (χ0v) is 24.2. The van der Waals surface area contributed by atoms with Gasteiger partial charge >= 0.3 is 0 Å². The average molecular weight is 556 g/mol. The molecular weight excluding hydrogens is 517 g/mol. The molecule has 2 aromatic rings. The third-order valence-corrected chi connectivity index (χ3v) is 9.69. The lowest BCUT2D eigenvalue weighted by Gasteiger charge is -2.46. The molecule has 4 heterocycles. The summed E-state index contributed by atoms with van der Waals surface area (Å²) >= 11 is 1.48. The first-order valence-corrected chi connectivity index (χ1v) is 15.0. The molecule has 1 N–H and O–H groups in total. The number of likely N-dealkylation sites (tertiary alicyclic amines) is 1. The summed E-state index contributed by atoms with van der Waals surface area (Å²) in [7, 11) is 1.78. The van der Waals surface area contributed by atoms with Gasteiger partial charge in [-0.15, -0.1) is 11.8 Å². The van der Waals surface area contributed by atoms with E-state index in [1.165, 1.54) is 24.0 Å². The second-order valence-electron chi connectivity index (χ2n) is 11.1. The zero-order valence-electron chi connectivity index (χ0n) is 23.4. The molecule has 10 heteroatoms. The topological polar surface area (TPSA) is 88.8 Å². The smallest absolute Gasteiger partial charge is 0.255 e. The second-order valence-corrected chi connectivity index (χ2v) is 12.0. The lowest BCUT2D eigenvalue weighted by atomic mass is 9.80. The van der Waals surface area contributed by atoms with Crippen LogP contribution in [0.5, 0.6) is 0 Å². The fraction of sp³-hybridized carbons (Fsp3) is 0.586. The number of carbonyl (C=O) groups excluding carboxylic acids is 2. The normalized spacial score (nSPS) is 25.3. The molecule has 1 saturated heterocycles. The highest BCUT2D eigenvalue weighted by Gasteiger charge is 2.37. The van der Waals surface area contributed by atoms with Crippen LogP contribution < -0.4 is 5.32 Å². The van der Waals surface area contributed by atoms with Crippen molar-refractivity contribution in [3.05, 3.63) is 40.3 Å². The van der Waals surface area contributed by atoms with Crippen molar-refractivity contribution in [2.24, 2.45) is 16.8 Å². The van der Waals surface area contributed by atoms with Gasteiger partial charge in [0, 0.05) is 60.5 Å². The average Bonchev–Trinajstić information content (AvgIpc) is 3.17. The fourth-order valence-electron chi connectivity index (χ4n) is 6.53. The van der Waals surface area contributed by atoms with Gasteiger partial charge in [0.05, 0.1) is 23.8 Å². The number of nitrogens with one attached hydrogen (secondary N) is 1. The Morgan fingerprint density at radius 1 is 1.26 bits per heavy atom. The van der Waals surface area contributed by atoms with Gasteiger partial charge in [-0.3, -0.25) is 14.5 Å². The monoisotopic (exact) mass is 555 g/mol. The van der Waals surface area contributed by atoms with Crippen LogP contribution in [0.3, 0.4) is 0 Å². The molecule has 8 nitrogen and oxygen atoms in total. The van der Waals surface area contributed by atoms with Gasteiger partial charge in [-0.2, -0.15) is 0 Å². The molecule has 0 aromatic carbocycles. The third-order valence-electron chi connectivity index (χ3n) is 8.82. The summed E-state index contributed by atoms with van der Waals surface area (Å²) < 4.78 is 21.9. The lowest BCUT2D eigenvalue weighted by molar-refractivity contribution is -0.120. The van der Waals surface area contributed by atoms with E-state index < -0.39 is 11.7 Å². The Balaban J connectivity index is 1.34. The predicted molar refractivity (Wildman–Crippen MR) is 153 cm³/mol. The summed E-state index contributed by atoms with van der Waals surface area (Å²) in [5.41, 5.74) is 2.48. The van der Waals surface area contributed by atoms with Gasteiger partial charge in [-0.05, 0) is 70.8 Å². The van der Waals surface area contributed by atoms with E-state index in [-0.39, 0.29) is 24.4 Å². The van der Waals surface area contributed by atoms with Crippen molar-refractivity contribution >= 4 is 40.3 Å². The van der Waals surface area contributed by atoms with Crippen LogP contribution in [0.1, 0.15) is 61.6 Å². The van der Waals surface area contributed by atoms with Crippen LogP contribution in [0.2, 0.25) is 0 Å². The number of aromatic nitrogens is 2. The molecule has 2 aliphatic heterocycles. The summed E-state index contributed by atoms with van der Waals surface area (Å²) in [5.74, 6) is -1.15. The Morgan fingerprint density at radius 3 is 2.64 bits per heavy atom. The first-order chi connectivity index (χ1) is 18.7. The van der Waals surface area contributed by atoms with Gasteiger partial charge in [0.15, 0.2) is 0 Å². The number of rotatable bonds is 8. The number of methoxy groups -OCH3 is 1. The molecule has 2 amide bonds. The number of pyridine rings is 1. The standard InChI is InChI=1S/C29H38FN5O3S/c1-16-10-25(39-5)24(28(36)33-16)13-32-29(37)26-18(3)35(27-23(26)11-20(30)12-31-27)17(2)19-6-8-21(9-7-19)34-14-22(15-34)38-4/h10-12,17,19,21-22,24H,6-9,13-15H2,1-5H3,(H,32,37)/t17-,19?,21?,24?/m1/s1. The number of dihydropyridines is 1. The first-order valence-electron chi connectivity index (χ1n) is 13.8. The van der Waals surface area contributed by atoms with Crippen molar-refractivity contribution < 1.29 is 18.7 Å². The van der Waals surface area contributed by atoms with Crippen LogP contribution in [0.4, 0.5) is 4.39 Å². The molecule has 1 aliphatic carbocycles. The second kappa shape index (κ2) is 11.5. The maximum absolute atomic E-state index is 14.4. The molecule has 39 heavy (non-hydrogen) atoms. The van der Waals surface area contributed by atoms with Crippen molar-refractivity contribution in [2.45, 2.75) is 64.6 Å². The van der Waals surface area contributed by atoms with E-state index in [2.05, 4.69) is 31.7 Å². The molecule has 0 radical (unpaired) electrons.